The molecule has 0 aromatic heterocycles. The highest BCUT2D eigenvalue weighted by molar-refractivity contribution is 7.80. The Kier molecular flexibility index (Phi) is 13.3. The molecule has 0 unspecified atom stereocenters. The standard InChI is InChI=1S/C3H7NO.C2H6S/c1-2-3(4)5;1-2-3/h2H2,1H3,(H2,4,5);3H,2H2,1H3. The van der Waals surface area contributed by atoms with Gasteiger partial charge in [-0.3, -0.25) is 4.79 Å². The zero-order valence-electron chi connectivity index (χ0n) is 5.35. The van der Waals surface area contributed by atoms with Crippen molar-refractivity contribution in [3.63, 3.8) is 0 Å². The Morgan fingerprint density at radius 3 is 1.75 bits per heavy atom. The fourth-order valence-electron chi connectivity index (χ4n) is 0. The highest BCUT2D eigenvalue weighted by atomic mass is 32.1. The van der Waals surface area contributed by atoms with Crippen LogP contribution in [0.2, 0.25) is 0 Å². The van der Waals surface area contributed by atoms with Crippen LogP contribution in [0.15, 0.2) is 0 Å². The van der Waals surface area contributed by atoms with Crippen molar-refractivity contribution in [3.05, 3.63) is 0 Å². The van der Waals surface area contributed by atoms with Gasteiger partial charge >= 0.3 is 0 Å². The summed E-state index contributed by atoms with van der Waals surface area (Å²) in [6.07, 6.45) is 0.444. The van der Waals surface area contributed by atoms with Crippen molar-refractivity contribution in [3.8, 4) is 0 Å². The van der Waals surface area contributed by atoms with Gasteiger partial charge in [0, 0.05) is 6.42 Å². The van der Waals surface area contributed by atoms with E-state index in [2.05, 4.69) is 18.4 Å². The molecule has 0 heterocycles. The van der Waals surface area contributed by atoms with E-state index in [9.17, 15) is 4.79 Å². The Balaban J connectivity index is 0. The maximum absolute atomic E-state index is 9.59. The second-order valence-electron chi connectivity index (χ2n) is 1.14. The zero-order valence-corrected chi connectivity index (χ0v) is 6.24. The molecule has 0 atom stereocenters. The SMILES string of the molecule is CCC(N)=O.CCS. The Morgan fingerprint density at radius 2 is 1.75 bits per heavy atom. The van der Waals surface area contributed by atoms with Crippen LogP contribution in [0.1, 0.15) is 20.3 Å². The fraction of sp³-hybridized carbons (Fsp3) is 0.800. The molecule has 0 fully saturated rings. The molecule has 0 saturated heterocycles. The van der Waals surface area contributed by atoms with Crippen molar-refractivity contribution < 1.29 is 4.79 Å². The lowest BCUT2D eigenvalue weighted by Crippen LogP contribution is -2.06. The van der Waals surface area contributed by atoms with Crippen LogP contribution in [0.4, 0.5) is 0 Å². The first-order valence-corrected chi connectivity index (χ1v) is 3.21. The molecular formula is C5H13NOS. The summed E-state index contributed by atoms with van der Waals surface area (Å²) in [6, 6.07) is 0. The molecule has 0 saturated carbocycles. The molecule has 0 rings (SSSR count). The molecule has 0 aromatic carbocycles. The van der Waals surface area contributed by atoms with Gasteiger partial charge in [0.05, 0.1) is 0 Å². The third kappa shape index (κ3) is 40.8. The van der Waals surface area contributed by atoms with E-state index in [0.717, 1.165) is 5.75 Å². The monoisotopic (exact) mass is 135 g/mol. The smallest absolute Gasteiger partial charge is 0.217 e. The van der Waals surface area contributed by atoms with Crippen LogP contribution < -0.4 is 5.73 Å². The first kappa shape index (κ1) is 10.7. The van der Waals surface area contributed by atoms with E-state index in [1.807, 2.05) is 6.92 Å². The van der Waals surface area contributed by atoms with Crippen molar-refractivity contribution in [1.29, 1.82) is 0 Å². The summed E-state index contributed by atoms with van der Waals surface area (Å²) in [7, 11) is 0. The predicted molar refractivity (Wildman–Crippen MR) is 39.0 cm³/mol. The lowest BCUT2D eigenvalue weighted by molar-refractivity contribution is -0.117. The van der Waals surface area contributed by atoms with Crippen LogP contribution in [-0.2, 0) is 4.79 Å². The Morgan fingerprint density at radius 1 is 1.62 bits per heavy atom. The first-order valence-electron chi connectivity index (χ1n) is 2.58. The number of nitrogens with two attached hydrogens (primary N) is 1. The average Bonchev–Trinajstić information content (AvgIpc) is 1.69. The van der Waals surface area contributed by atoms with Gasteiger partial charge in [0.15, 0.2) is 0 Å². The molecule has 1 amide bonds. The number of primary amides is 1. The molecule has 0 aliphatic heterocycles. The predicted octanol–water partition coefficient (Wildman–Crippen LogP) is 0.818. The molecule has 0 aliphatic rings. The Labute approximate surface area is 55.9 Å². The summed E-state index contributed by atoms with van der Waals surface area (Å²) in [4.78, 5) is 9.59. The number of rotatable bonds is 1. The minimum Gasteiger partial charge on any atom is -0.370 e. The number of hydrogen-bond acceptors (Lipinski definition) is 2. The van der Waals surface area contributed by atoms with E-state index in [1.54, 1.807) is 6.92 Å². The van der Waals surface area contributed by atoms with Crippen LogP contribution in [-0.4, -0.2) is 11.7 Å². The van der Waals surface area contributed by atoms with E-state index < -0.39 is 0 Å². The van der Waals surface area contributed by atoms with Gasteiger partial charge in [-0.15, -0.1) is 0 Å². The van der Waals surface area contributed by atoms with E-state index >= 15 is 0 Å². The highest BCUT2D eigenvalue weighted by Gasteiger charge is 1.77. The number of carbonyl (C=O) groups excluding carboxylic acids is 1. The minimum absolute atomic E-state index is 0.245. The summed E-state index contributed by atoms with van der Waals surface area (Å²) in [6.45, 7) is 3.71. The fourth-order valence-corrected chi connectivity index (χ4v) is 0. The molecule has 8 heavy (non-hydrogen) atoms. The number of hydrogen-bond donors (Lipinski definition) is 2. The molecular weight excluding hydrogens is 122 g/mol. The maximum atomic E-state index is 9.59. The van der Waals surface area contributed by atoms with Gasteiger partial charge in [-0.25, -0.2) is 0 Å². The maximum Gasteiger partial charge on any atom is 0.217 e. The molecule has 50 valence electrons. The zero-order chi connectivity index (χ0) is 6.99. The van der Waals surface area contributed by atoms with Crippen LogP contribution in [0.25, 0.3) is 0 Å². The van der Waals surface area contributed by atoms with Gasteiger partial charge in [-0.2, -0.15) is 12.6 Å². The lowest BCUT2D eigenvalue weighted by Gasteiger charge is -1.73. The molecule has 0 spiro atoms. The molecule has 3 heteroatoms. The second-order valence-corrected chi connectivity index (χ2v) is 1.77. The minimum atomic E-state index is -0.245. The molecule has 0 radical (unpaired) electrons. The van der Waals surface area contributed by atoms with Gasteiger partial charge in [0.25, 0.3) is 0 Å². The summed E-state index contributed by atoms with van der Waals surface area (Å²) in [5.41, 5.74) is 4.65. The van der Waals surface area contributed by atoms with Crippen molar-refractivity contribution in [1.82, 2.24) is 0 Å². The molecule has 0 aromatic rings. The topological polar surface area (TPSA) is 43.1 Å². The third-order valence-electron chi connectivity index (χ3n) is 0.348. The van der Waals surface area contributed by atoms with E-state index in [1.165, 1.54) is 0 Å². The van der Waals surface area contributed by atoms with E-state index in [-0.39, 0.29) is 5.91 Å². The largest absolute Gasteiger partial charge is 0.370 e. The normalized spacial score (nSPS) is 6.88. The van der Waals surface area contributed by atoms with Gasteiger partial charge in [0.1, 0.15) is 0 Å². The van der Waals surface area contributed by atoms with Gasteiger partial charge < -0.3 is 5.73 Å². The van der Waals surface area contributed by atoms with Crippen LogP contribution in [0.3, 0.4) is 0 Å². The summed E-state index contributed by atoms with van der Waals surface area (Å²) >= 11 is 3.79. The van der Waals surface area contributed by atoms with Gasteiger partial charge in [0.2, 0.25) is 5.91 Å². The van der Waals surface area contributed by atoms with Gasteiger partial charge in [-0.05, 0) is 5.75 Å². The number of carbonyl (C=O) groups is 1. The summed E-state index contributed by atoms with van der Waals surface area (Å²) in [5.74, 6) is 0.699. The lowest BCUT2D eigenvalue weighted by atomic mass is 10.5. The average molecular weight is 135 g/mol. The van der Waals surface area contributed by atoms with Crippen molar-refractivity contribution >= 4 is 18.5 Å². The third-order valence-corrected chi connectivity index (χ3v) is 0.348. The quantitative estimate of drug-likeness (QED) is 0.513. The first-order chi connectivity index (χ1) is 3.68. The van der Waals surface area contributed by atoms with E-state index in [0.29, 0.717) is 6.42 Å². The molecule has 2 nitrogen and oxygen atoms in total. The molecule has 2 N–H and O–H groups in total. The number of thiol groups is 1. The van der Waals surface area contributed by atoms with Crippen LogP contribution in [0.5, 0.6) is 0 Å². The molecule has 0 aliphatic carbocycles. The Hall–Kier alpha value is -0.180. The van der Waals surface area contributed by atoms with Crippen molar-refractivity contribution in [2.75, 3.05) is 5.75 Å². The van der Waals surface area contributed by atoms with Gasteiger partial charge in [-0.1, -0.05) is 13.8 Å². The van der Waals surface area contributed by atoms with Crippen LogP contribution >= 0.6 is 12.6 Å². The number of amides is 1. The second kappa shape index (κ2) is 9.94. The van der Waals surface area contributed by atoms with Crippen molar-refractivity contribution in [2.24, 2.45) is 5.73 Å². The van der Waals surface area contributed by atoms with E-state index in [4.69, 9.17) is 0 Å². The van der Waals surface area contributed by atoms with Crippen LogP contribution in [0, 0.1) is 0 Å². The molecule has 0 bridgehead atoms. The van der Waals surface area contributed by atoms with Crippen molar-refractivity contribution in [2.45, 2.75) is 20.3 Å². The Bertz CT molecular complexity index is 56.4. The highest BCUT2D eigenvalue weighted by Crippen LogP contribution is 1.63. The summed E-state index contributed by atoms with van der Waals surface area (Å²) in [5, 5.41) is 0. The summed E-state index contributed by atoms with van der Waals surface area (Å²) < 4.78 is 0.